The van der Waals surface area contributed by atoms with Gasteiger partial charge in [0.15, 0.2) is 11.6 Å². The predicted octanol–water partition coefficient (Wildman–Crippen LogP) is 4.28. The lowest BCUT2D eigenvalue weighted by atomic mass is 10.1. The molecule has 0 amide bonds. The van der Waals surface area contributed by atoms with Crippen molar-refractivity contribution in [3.8, 4) is 17.3 Å². The Morgan fingerprint density at radius 2 is 2.11 bits per heavy atom. The van der Waals surface area contributed by atoms with E-state index in [0.717, 1.165) is 28.8 Å². The topological polar surface area (TPSA) is 72.3 Å². The zero-order valence-electron chi connectivity index (χ0n) is 15.6. The third-order valence-electron chi connectivity index (χ3n) is 5.00. The minimum Gasteiger partial charge on any atom is -0.277 e. The van der Waals surface area contributed by atoms with Crippen LogP contribution in [0.25, 0.3) is 28.2 Å². The highest BCUT2D eigenvalue weighted by atomic mass is 15.3. The van der Waals surface area contributed by atoms with Crippen LogP contribution in [0.15, 0.2) is 42.9 Å². The lowest BCUT2D eigenvalue weighted by Gasteiger charge is -2.03. The molecule has 0 bridgehead atoms. The highest BCUT2D eigenvalue weighted by molar-refractivity contribution is 5.91. The molecule has 1 N–H and O–H groups in total. The van der Waals surface area contributed by atoms with Gasteiger partial charge in [0.2, 0.25) is 0 Å². The molecular formula is C21H22N6. The normalized spacial score (nSPS) is 14.3. The van der Waals surface area contributed by atoms with Gasteiger partial charge in [-0.15, -0.1) is 0 Å². The van der Waals surface area contributed by atoms with Gasteiger partial charge >= 0.3 is 0 Å². The lowest BCUT2D eigenvalue weighted by molar-refractivity contribution is 0.647. The van der Waals surface area contributed by atoms with E-state index in [1.54, 1.807) is 6.20 Å². The Bertz CT molecular complexity index is 1100. The summed E-state index contributed by atoms with van der Waals surface area (Å²) in [6.07, 6.45) is 9.29. The van der Waals surface area contributed by atoms with Crippen molar-refractivity contribution in [2.45, 2.75) is 39.0 Å². The zero-order chi connectivity index (χ0) is 18.4. The van der Waals surface area contributed by atoms with Crippen molar-refractivity contribution >= 4 is 10.9 Å². The van der Waals surface area contributed by atoms with E-state index in [0.29, 0.717) is 17.7 Å². The summed E-state index contributed by atoms with van der Waals surface area (Å²) in [6.45, 7) is 4.41. The van der Waals surface area contributed by atoms with Crippen molar-refractivity contribution in [3.63, 3.8) is 0 Å². The molecule has 1 aliphatic rings. The van der Waals surface area contributed by atoms with Crippen LogP contribution < -0.4 is 0 Å². The zero-order valence-corrected chi connectivity index (χ0v) is 15.6. The lowest BCUT2D eigenvalue weighted by Crippen LogP contribution is -2.01. The summed E-state index contributed by atoms with van der Waals surface area (Å²) >= 11 is 0. The van der Waals surface area contributed by atoms with Gasteiger partial charge < -0.3 is 0 Å². The van der Waals surface area contributed by atoms with Crippen LogP contribution in [0, 0.1) is 5.92 Å². The molecule has 6 heteroatoms. The Morgan fingerprint density at radius 3 is 2.93 bits per heavy atom. The highest BCUT2D eigenvalue weighted by Gasteiger charge is 2.24. The first-order valence-electron chi connectivity index (χ1n) is 9.53. The van der Waals surface area contributed by atoms with Crippen LogP contribution in [-0.4, -0.2) is 29.9 Å². The first kappa shape index (κ1) is 16.2. The maximum atomic E-state index is 4.73. The van der Waals surface area contributed by atoms with Gasteiger partial charge in [0, 0.05) is 23.8 Å². The van der Waals surface area contributed by atoms with Crippen LogP contribution in [0.1, 0.15) is 43.7 Å². The van der Waals surface area contributed by atoms with E-state index in [-0.39, 0.29) is 0 Å². The molecule has 136 valence electrons. The van der Waals surface area contributed by atoms with Gasteiger partial charge in [-0.1, -0.05) is 19.9 Å². The van der Waals surface area contributed by atoms with Crippen molar-refractivity contribution in [1.29, 1.82) is 0 Å². The van der Waals surface area contributed by atoms with Crippen LogP contribution in [0.2, 0.25) is 0 Å². The Labute approximate surface area is 157 Å². The summed E-state index contributed by atoms with van der Waals surface area (Å²) in [4.78, 5) is 9.19. The molecular weight excluding hydrogens is 336 g/mol. The molecule has 6 nitrogen and oxygen atoms in total. The molecule has 0 unspecified atom stereocenters. The molecule has 0 spiro atoms. The summed E-state index contributed by atoms with van der Waals surface area (Å²) in [6, 6.07) is 8.41. The number of aromatic amines is 1. The van der Waals surface area contributed by atoms with Gasteiger partial charge in [0.25, 0.3) is 0 Å². The quantitative estimate of drug-likeness (QED) is 0.578. The van der Waals surface area contributed by atoms with Crippen molar-refractivity contribution in [2.75, 3.05) is 0 Å². The van der Waals surface area contributed by atoms with Crippen molar-refractivity contribution in [3.05, 3.63) is 54.0 Å². The molecule has 1 aliphatic carbocycles. The minimum atomic E-state index is 0.597. The average Bonchev–Trinajstić information content (AvgIpc) is 3.27. The maximum Gasteiger partial charge on any atom is 0.182 e. The SMILES string of the molecule is CC(C)Cc1cnn(-c2ccnc(-c3n[nH]c4ccc(C5CC5)cc34)n2)c1. The molecule has 1 saturated carbocycles. The summed E-state index contributed by atoms with van der Waals surface area (Å²) < 4.78 is 1.81. The number of rotatable bonds is 5. The summed E-state index contributed by atoms with van der Waals surface area (Å²) in [5.74, 6) is 2.67. The number of aromatic nitrogens is 6. The minimum absolute atomic E-state index is 0.597. The molecule has 1 fully saturated rings. The third-order valence-corrected chi connectivity index (χ3v) is 5.00. The number of H-pyrrole nitrogens is 1. The molecule has 27 heavy (non-hydrogen) atoms. The molecule has 1 aromatic carbocycles. The predicted molar refractivity (Wildman–Crippen MR) is 105 cm³/mol. The molecule has 0 radical (unpaired) electrons. The Balaban J connectivity index is 1.53. The smallest absolute Gasteiger partial charge is 0.182 e. The van der Waals surface area contributed by atoms with Crippen LogP contribution in [-0.2, 0) is 6.42 Å². The molecule has 3 heterocycles. The van der Waals surface area contributed by atoms with Crippen LogP contribution in [0.5, 0.6) is 0 Å². The number of nitrogens with zero attached hydrogens (tertiary/aromatic N) is 5. The number of hydrogen-bond acceptors (Lipinski definition) is 4. The van der Waals surface area contributed by atoms with Gasteiger partial charge in [-0.25, -0.2) is 14.6 Å². The summed E-state index contributed by atoms with van der Waals surface area (Å²) in [5, 5.41) is 13.1. The molecule has 0 atom stereocenters. The largest absolute Gasteiger partial charge is 0.277 e. The van der Waals surface area contributed by atoms with E-state index < -0.39 is 0 Å². The molecule has 3 aromatic heterocycles. The van der Waals surface area contributed by atoms with Crippen LogP contribution in [0.4, 0.5) is 0 Å². The van der Waals surface area contributed by atoms with Gasteiger partial charge in [-0.05, 0) is 54.4 Å². The maximum absolute atomic E-state index is 4.73. The number of fused-ring (bicyclic) bond motifs is 1. The first-order chi connectivity index (χ1) is 13.2. The molecule has 4 aromatic rings. The average molecular weight is 358 g/mol. The van der Waals surface area contributed by atoms with Crippen LogP contribution in [0.3, 0.4) is 0 Å². The second-order valence-electron chi connectivity index (χ2n) is 7.78. The fraction of sp³-hybridized carbons (Fsp3) is 0.333. The summed E-state index contributed by atoms with van der Waals surface area (Å²) in [7, 11) is 0. The van der Waals surface area contributed by atoms with E-state index in [4.69, 9.17) is 4.98 Å². The van der Waals surface area contributed by atoms with Gasteiger partial charge in [0.05, 0.1) is 11.7 Å². The number of benzene rings is 1. The van der Waals surface area contributed by atoms with Crippen molar-refractivity contribution < 1.29 is 0 Å². The van der Waals surface area contributed by atoms with Crippen molar-refractivity contribution in [1.82, 2.24) is 29.9 Å². The van der Waals surface area contributed by atoms with Gasteiger partial charge in [0.1, 0.15) is 5.69 Å². The second kappa shape index (κ2) is 6.30. The summed E-state index contributed by atoms with van der Waals surface area (Å²) in [5.41, 5.74) is 4.40. The van der Waals surface area contributed by atoms with Crippen LogP contribution >= 0.6 is 0 Å². The molecule has 0 saturated heterocycles. The Kier molecular flexibility index (Phi) is 3.77. The first-order valence-corrected chi connectivity index (χ1v) is 9.53. The number of nitrogens with one attached hydrogen (secondary N) is 1. The second-order valence-corrected chi connectivity index (χ2v) is 7.78. The van der Waals surface area contributed by atoms with E-state index in [2.05, 4.69) is 52.3 Å². The number of hydrogen-bond donors (Lipinski definition) is 1. The fourth-order valence-corrected chi connectivity index (χ4v) is 3.53. The Morgan fingerprint density at radius 1 is 1.22 bits per heavy atom. The molecule has 5 rings (SSSR count). The highest BCUT2D eigenvalue weighted by Crippen LogP contribution is 2.41. The molecule has 0 aliphatic heterocycles. The van der Waals surface area contributed by atoms with E-state index >= 15 is 0 Å². The van der Waals surface area contributed by atoms with Gasteiger partial charge in [-0.3, -0.25) is 5.10 Å². The van der Waals surface area contributed by atoms with E-state index in [9.17, 15) is 0 Å². The van der Waals surface area contributed by atoms with E-state index in [1.807, 2.05) is 23.1 Å². The van der Waals surface area contributed by atoms with E-state index in [1.165, 1.54) is 24.0 Å². The fourth-order valence-electron chi connectivity index (χ4n) is 3.53. The monoisotopic (exact) mass is 358 g/mol. The van der Waals surface area contributed by atoms with Crippen molar-refractivity contribution in [2.24, 2.45) is 5.92 Å². The standard InChI is InChI=1S/C21H22N6/c1-13(2)9-14-11-23-27(12-14)19-7-8-22-21(24-19)20-17-10-16(15-3-4-15)5-6-18(17)25-26-20/h5-8,10-13,15H,3-4,9H2,1-2H3,(H,25,26). The van der Waals surface area contributed by atoms with Gasteiger partial charge in [-0.2, -0.15) is 10.2 Å². The Hall–Kier alpha value is -3.02. The third kappa shape index (κ3) is 3.12.